The molecule has 1 atom stereocenters. The molecule has 1 aliphatic rings. The SMILES string of the molecule is CCCNc1cc(N(C)C(C)CCC)nc(C2CC2)n1. The van der Waals surface area contributed by atoms with E-state index in [-0.39, 0.29) is 0 Å². The first-order valence-electron chi connectivity index (χ1n) is 8.01. The van der Waals surface area contributed by atoms with Crippen LogP contribution in [0.15, 0.2) is 6.07 Å². The van der Waals surface area contributed by atoms with Gasteiger partial charge in [0.2, 0.25) is 0 Å². The lowest BCUT2D eigenvalue weighted by atomic mass is 10.2. The van der Waals surface area contributed by atoms with E-state index in [0.29, 0.717) is 12.0 Å². The Labute approximate surface area is 123 Å². The van der Waals surface area contributed by atoms with Gasteiger partial charge in [0, 0.05) is 31.6 Å². The van der Waals surface area contributed by atoms with Crippen LogP contribution in [0.25, 0.3) is 0 Å². The molecule has 1 unspecified atom stereocenters. The van der Waals surface area contributed by atoms with Gasteiger partial charge < -0.3 is 10.2 Å². The molecule has 1 aromatic rings. The van der Waals surface area contributed by atoms with Crippen LogP contribution in [0.2, 0.25) is 0 Å². The Balaban J connectivity index is 2.19. The average Bonchev–Trinajstić information content (AvgIpc) is 3.28. The zero-order valence-electron chi connectivity index (χ0n) is 13.3. The average molecular weight is 276 g/mol. The second-order valence-corrected chi connectivity index (χ2v) is 5.92. The number of anilines is 2. The quantitative estimate of drug-likeness (QED) is 0.784. The first kappa shape index (κ1) is 15.1. The van der Waals surface area contributed by atoms with Gasteiger partial charge in [0.05, 0.1) is 0 Å². The molecule has 1 N–H and O–H groups in total. The summed E-state index contributed by atoms with van der Waals surface area (Å²) in [5.41, 5.74) is 0. The zero-order valence-corrected chi connectivity index (χ0v) is 13.3. The summed E-state index contributed by atoms with van der Waals surface area (Å²) in [5.74, 6) is 3.65. The minimum Gasteiger partial charge on any atom is -0.370 e. The van der Waals surface area contributed by atoms with Crippen molar-refractivity contribution in [2.75, 3.05) is 23.8 Å². The topological polar surface area (TPSA) is 41.0 Å². The Morgan fingerprint density at radius 2 is 2.05 bits per heavy atom. The molecule has 0 aliphatic heterocycles. The van der Waals surface area contributed by atoms with Crippen molar-refractivity contribution in [3.8, 4) is 0 Å². The number of hydrogen-bond acceptors (Lipinski definition) is 4. The molecule has 0 spiro atoms. The normalized spacial score (nSPS) is 16.0. The summed E-state index contributed by atoms with van der Waals surface area (Å²) < 4.78 is 0. The molecule has 112 valence electrons. The summed E-state index contributed by atoms with van der Waals surface area (Å²) in [4.78, 5) is 11.7. The molecule has 0 bridgehead atoms. The maximum atomic E-state index is 4.78. The van der Waals surface area contributed by atoms with Crippen molar-refractivity contribution in [1.29, 1.82) is 0 Å². The van der Waals surface area contributed by atoms with Crippen LogP contribution in [-0.4, -0.2) is 29.6 Å². The van der Waals surface area contributed by atoms with E-state index in [9.17, 15) is 0 Å². The Morgan fingerprint density at radius 1 is 1.30 bits per heavy atom. The lowest BCUT2D eigenvalue weighted by molar-refractivity contribution is 0.609. The smallest absolute Gasteiger partial charge is 0.136 e. The third kappa shape index (κ3) is 3.84. The molecular weight excluding hydrogens is 248 g/mol. The second-order valence-electron chi connectivity index (χ2n) is 5.92. The van der Waals surface area contributed by atoms with E-state index in [0.717, 1.165) is 30.4 Å². The summed E-state index contributed by atoms with van der Waals surface area (Å²) in [6.45, 7) is 7.64. The van der Waals surface area contributed by atoms with Gasteiger partial charge in [-0.2, -0.15) is 0 Å². The number of rotatable bonds is 8. The fraction of sp³-hybridized carbons (Fsp3) is 0.750. The van der Waals surface area contributed by atoms with Crippen LogP contribution in [0.1, 0.15) is 64.6 Å². The van der Waals surface area contributed by atoms with E-state index in [4.69, 9.17) is 4.98 Å². The van der Waals surface area contributed by atoms with E-state index >= 15 is 0 Å². The van der Waals surface area contributed by atoms with E-state index < -0.39 is 0 Å². The van der Waals surface area contributed by atoms with Crippen molar-refractivity contribution >= 4 is 11.6 Å². The first-order chi connectivity index (χ1) is 9.65. The van der Waals surface area contributed by atoms with Gasteiger partial charge in [-0.25, -0.2) is 9.97 Å². The summed E-state index contributed by atoms with van der Waals surface area (Å²) in [5, 5.41) is 3.41. The predicted molar refractivity (Wildman–Crippen MR) is 85.6 cm³/mol. The fourth-order valence-electron chi connectivity index (χ4n) is 2.34. The third-order valence-electron chi connectivity index (χ3n) is 3.96. The van der Waals surface area contributed by atoms with Gasteiger partial charge in [-0.3, -0.25) is 0 Å². The highest BCUT2D eigenvalue weighted by molar-refractivity contribution is 5.50. The van der Waals surface area contributed by atoms with Crippen LogP contribution in [0.5, 0.6) is 0 Å². The number of aromatic nitrogens is 2. The molecule has 0 saturated heterocycles. The molecule has 0 aromatic carbocycles. The van der Waals surface area contributed by atoms with Crippen LogP contribution in [0, 0.1) is 0 Å². The van der Waals surface area contributed by atoms with Gasteiger partial charge in [0.15, 0.2) is 0 Å². The minimum absolute atomic E-state index is 0.515. The van der Waals surface area contributed by atoms with E-state index in [1.165, 1.54) is 25.7 Å². The van der Waals surface area contributed by atoms with Crippen LogP contribution in [-0.2, 0) is 0 Å². The van der Waals surface area contributed by atoms with Crippen molar-refractivity contribution in [3.63, 3.8) is 0 Å². The Kier molecular flexibility index (Phi) is 5.21. The Bertz CT molecular complexity index is 428. The van der Waals surface area contributed by atoms with Gasteiger partial charge in [-0.1, -0.05) is 20.3 Å². The van der Waals surface area contributed by atoms with Crippen LogP contribution in [0.4, 0.5) is 11.6 Å². The first-order valence-corrected chi connectivity index (χ1v) is 8.01. The van der Waals surface area contributed by atoms with Crippen molar-refractivity contribution in [2.45, 2.75) is 64.8 Å². The summed E-state index contributed by atoms with van der Waals surface area (Å²) in [6.07, 6.45) is 5.99. The van der Waals surface area contributed by atoms with Gasteiger partial charge >= 0.3 is 0 Å². The largest absolute Gasteiger partial charge is 0.370 e. The summed E-state index contributed by atoms with van der Waals surface area (Å²) in [7, 11) is 2.14. The molecule has 1 fully saturated rings. The molecule has 0 radical (unpaired) electrons. The van der Waals surface area contributed by atoms with Crippen LogP contribution in [0.3, 0.4) is 0 Å². The van der Waals surface area contributed by atoms with Gasteiger partial charge in [0.25, 0.3) is 0 Å². The van der Waals surface area contributed by atoms with Gasteiger partial charge in [0.1, 0.15) is 17.5 Å². The third-order valence-corrected chi connectivity index (χ3v) is 3.96. The minimum atomic E-state index is 0.515. The highest BCUT2D eigenvalue weighted by Crippen LogP contribution is 2.39. The highest BCUT2D eigenvalue weighted by Gasteiger charge is 2.28. The Morgan fingerprint density at radius 3 is 2.65 bits per heavy atom. The van der Waals surface area contributed by atoms with Gasteiger partial charge in [-0.05, 0) is 32.6 Å². The van der Waals surface area contributed by atoms with E-state index in [1.54, 1.807) is 0 Å². The maximum absolute atomic E-state index is 4.78. The Hall–Kier alpha value is -1.32. The number of nitrogens with zero attached hydrogens (tertiary/aromatic N) is 3. The lowest BCUT2D eigenvalue weighted by Gasteiger charge is -2.26. The summed E-state index contributed by atoms with van der Waals surface area (Å²) >= 11 is 0. The fourth-order valence-corrected chi connectivity index (χ4v) is 2.34. The van der Waals surface area contributed by atoms with Crippen LogP contribution >= 0.6 is 0 Å². The zero-order chi connectivity index (χ0) is 14.5. The molecule has 1 heterocycles. The van der Waals surface area contributed by atoms with E-state index in [1.807, 2.05) is 0 Å². The maximum Gasteiger partial charge on any atom is 0.136 e. The van der Waals surface area contributed by atoms with Crippen molar-refractivity contribution in [1.82, 2.24) is 9.97 Å². The molecule has 4 nitrogen and oxygen atoms in total. The molecular formula is C16H28N4. The summed E-state index contributed by atoms with van der Waals surface area (Å²) in [6, 6.07) is 2.61. The molecule has 1 aromatic heterocycles. The van der Waals surface area contributed by atoms with Gasteiger partial charge in [-0.15, -0.1) is 0 Å². The second kappa shape index (κ2) is 6.91. The molecule has 1 saturated carbocycles. The number of hydrogen-bond donors (Lipinski definition) is 1. The lowest BCUT2D eigenvalue weighted by Crippen LogP contribution is -2.29. The molecule has 0 amide bonds. The molecule has 20 heavy (non-hydrogen) atoms. The van der Waals surface area contributed by atoms with Crippen molar-refractivity contribution in [2.24, 2.45) is 0 Å². The number of nitrogens with one attached hydrogen (secondary N) is 1. The van der Waals surface area contributed by atoms with E-state index in [2.05, 4.69) is 49.1 Å². The van der Waals surface area contributed by atoms with Crippen molar-refractivity contribution in [3.05, 3.63) is 11.9 Å². The molecule has 2 rings (SSSR count). The van der Waals surface area contributed by atoms with Crippen LogP contribution < -0.4 is 10.2 Å². The molecule has 1 aliphatic carbocycles. The van der Waals surface area contributed by atoms with Crippen molar-refractivity contribution < 1.29 is 0 Å². The standard InChI is InChI=1S/C16H28N4/c1-5-7-12(3)20(4)15-11-14(17-10-6-2)18-16(19-15)13-8-9-13/h11-13H,5-10H2,1-4H3,(H,17,18,19). The monoisotopic (exact) mass is 276 g/mol. The molecule has 4 heteroatoms. The predicted octanol–water partition coefficient (Wildman–Crippen LogP) is 3.80. The highest BCUT2D eigenvalue weighted by atomic mass is 15.2.